The summed E-state index contributed by atoms with van der Waals surface area (Å²) in [5.41, 5.74) is 0.150. The predicted octanol–water partition coefficient (Wildman–Crippen LogP) is 2.67. The molecule has 0 spiro atoms. The Hall–Kier alpha value is -2.69. The fraction of sp³-hybridized carbons (Fsp3) is 0.0667. The zero-order valence-electron chi connectivity index (χ0n) is 10.7. The molecule has 0 aliphatic rings. The van der Waals surface area contributed by atoms with Gasteiger partial charge in [0.15, 0.2) is 0 Å². The summed E-state index contributed by atoms with van der Waals surface area (Å²) in [6.45, 7) is 0. The van der Waals surface area contributed by atoms with Crippen molar-refractivity contribution in [2.24, 2.45) is 0 Å². The highest BCUT2D eigenvalue weighted by Crippen LogP contribution is 2.10. The molecule has 0 N–H and O–H groups in total. The van der Waals surface area contributed by atoms with Gasteiger partial charge in [-0.25, -0.2) is 9.18 Å². The number of amides is 1. The summed E-state index contributed by atoms with van der Waals surface area (Å²) in [6.07, 6.45) is 0. The maximum absolute atomic E-state index is 13.5. The molecule has 0 aliphatic carbocycles. The molecule has 0 unspecified atom stereocenters. The third-order valence-electron chi connectivity index (χ3n) is 2.62. The second kappa shape index (κ2) is 5.97. The maximum atomic E-state index is 13.5. The number of benzene rings is 2. The average Bonchev–Trinajstić information content (AvgIpc) is 2.48. The Bertz CT molecular complexity index is 628. The van der Waals surface area contributed by atoms with Crippen molar-refractivity contribution in [2.45, 2.75) is 0 Å². The summed E-state index contributed by atoms with van der Waals surface area (Å²) < 4.78 is 13.5. The van der Waals surface area contributed by atoms with Crippen molar-refractivity contribution in [3.05, 3.63) is 71.5 Å². The molecule has 2 rings (SSSR count). The lowest BCUT2D eigenvalue weighted by atomic mass is 10.2. The van der Waals surface area contributed by atoms with Crippen LogP contribution in [-0.2, 0) is 4.84 Å². The normalized spacial score (nSPS) is 9.90. The minimum atomic E-state index is -0.729. The lowest BCUT2D eigenvalue weighted by molar-refractivity contribution is -0.0660. The molecular formula is C15H12FNO3. The van der Waals surface area contributed by atoms with Crippen molar-refractivity contribution in [3.8, 4) is 0 Å². The first-order chi connectivity index (χ1) is 9.59. The Morgan fingerprint density at radius 3 is 2.25 bits per heavy atom. The number of hydrogen-bond donors (Lipinski definition) is 0. The van der Waals surface area contributed by atoms with Crippen LogP contribution in [0, 0.1) is 5.82 Å². The van der Waals surface area contributed by atoms with Gasteiger partial charge in [0.25, 0.3) is 5.91 Å². The molecule has 0 radical (unpaired) electrons. The van der Waals surface area contributed by atoms with Crippen molar-refractivity contribution in [3.63, 3.8) is 0 Å². The van der Waals surface area contributed by atoms with E-state index in [1.54, 1.807) is 30.3 Å². The van der Waals surface area contributed by atoms with Gasteiger partial charge >= 0.3 is 5.97 Å². The van der Waals surface area contributed by atoms with Crippen LogP contribution < -0.4 is 0 Å². The van der Waals surface area contributed by atoms with Crippen molar-refractivity contribution in [1.29, 1.82) is 0 Å². The minimum Gasteiger partial charge on any atom is -0.333 e. The summed E-state index contributed by atoms with van der Waals surface area (Å²) in [7, 11) is 1.26. The number of nitrogens with zero attached hydrogens (tertiary/aromatic N) is 1. The molecule has 0 aromatic heterocycles. The Balaban J connectivity index is 2.09. The molecule has 2 aromatic rings. The smallest absolute Gasteiger partial charge is 0.333 e. The number of carbonyl (C=O) groups excluding carboxylic acids is 2. The molecule has 0 atom stereocenters. The highest BCUT2D eigenvalue weighted by molar-refractivity contribution is 5.96. The molecule has 0 saturated heterocycles. The van der Waals surface area contributed by atoms with E-state index in [0.29, 0.717) is 10.6 Å². The number of rotatable bonds is 2. The van der Waals surface area contributed by atoms with Crippen LogP contribution in [0.3, 0.4) is 0 Å². The molecule has 4 nitrogen and oxygen atoms in total. The Kier molecular flexibility index (Phi) is 4.10. The first kappa shape index (κ1) is 13.7. The van der Waals surface area contributed by atoms with E-state index in [-0.39, 0.29) is 5.56 Å². The van der Waals surface area contributed by atoms with Crippen LogP contribution in [0.15, 0.2) is 54.6 Å². The van der Waals surface area contributed by atoms with E-state index in [1.807, 2.05) is 0 Å². The lowest BCUT2D eigenvalue weighted by Crippen LogP contribution is -2.30. The summed E-state index contributed by atoms with van der Waals surface area (Å²) in [6, 6.07) is 13.7. The fourth-order valence-corrected chi connectivity index (χ4v) is 1.60. The summed E-state index contributed by atoms with van der Waals surface area (Å²) in [5.74, 6) is -2.08. The van der Waals surface area contributed by atoms with Gasteiger partial charge in [0.05, 0.1) is 11.1 Å². The van der Waals surface area contributed by atoms with Crippen LogP contribution in [0.25, 0.3) is 0 Å². The van der Waals surface area contributed by atoms with Crippen LogP contribution in [0.2, 0.25) is 0 Å². The van der Waals surface area contributed by atoms with Crippen LogP contribution in [0.4, 0.5) is 4.39 Å². The van der Waals surface area contributed by atoms with Gasteiger partial charge in [-0.3, -0.25) is 4.79 Å². The second-order valence-corrected chi connectivity index (χ2v) is 4.03. The molecule has 20 heavy (non-hydrogen) atoms. The minimum absolute atomic E-state index is 0.157. The fourth-order valence-electron chi connectivity index (χ4n) is 1.60. The van der Waals surface area contributed by atoms with Gasteiger partial charge in [-0.15, -0.1) is 0 Å². The van der Waals surface area contributed by atoms with Gasteiger partial charge in [0, 0.05) is 7.05 Å². The molecule has 0 bridgehead atoms. The van der Waals surface area contributed by atoms with E-state index < -0.39 is 17.7 Å². The van der Waals surface area contributed by atoms with E-state index >= 15 is 0 Å². The zero-order chi connectivity index (χ0) is 14.5. The molecule has 0 heterocycles. The number of hydrogen-bond acceptors (Lipinski definition) is 3. The second-order valence-electron chi connectivity index (χ2n) is 4.03. The summed E-state index contributed by atoms with van der Waals surface area (Å²) in [5, 5.41) is 0.716. The van der Waals surface area contributed by atoms with Crippen LogP contribution >= 0.6 is 0 Å². The monoisotopic (exact) mass is 273 g/mol. The highest BCUT2D eigenvalue weighted by Gasteiger charge is 2.19. The van der Waals surface area contributed by atoms with Gasteiger partial charge in [0.2, 0.25) is 0 Å². The van der Waals surface area contributed by atoms with E-state index in [0.717, 1.165) is 0 Å². The quantitative estimate of drug-likeness (QED) is 0.790. The van der Waals surface area contributed by atoms with Gasteiger partial charge < -0.3 is 4.84 Å². The van der Waals surface area contributed by atoms with Crippen molar-refractivity contribution in [1.82, 2.24) is 5.06 Å². The molecule has 0 aliphatic heterocycles. The third-order valence-corrected chi connectivity index (χ3v) is 2.62. The number of halogens is 1. The first-order valence-corrected chi connectivity index (χ1v) is 5.89. The predicted molar refractivity (Wildman–Crippen MR) is 70.4 cm³/mol. The topological polar surface area (TPSA) is 46.6 Å². The zero-order valence-corrected chi connectivity index (χ0v) is 10.7. The van der Waals surface area contributed by atoms with Gasteiger partial charge in [-0.05, 0) is 24.3 Å². The molecule has 2 aromatic carbocycles. The van der Waals surface area contributed by atoms with Crippen molar-refractivity contribution in [2.75, 3.05) is 7.05 Å². The third kappa shape index (κ3) is 3.00. The molecular weight excluding hydrogens is 261 g/mol. The van der Waals surface area contributed by atoms with E-state index in [9.17, 15) is 14.0 Å². The lowest BCUT2D eigenvalue weighted by Gasteiger charge is -2.16. The van der Waals surface area contributed by atoms with Crippen molar-refractivity contribution < 1.29 is 18.8 Å². The van der Waals surface area contributed by atoms with E-state index in [4.69, 9.17) is 4.84 Å². The average molecular weight is 273 g/mol. The first-order valence-electron chi connectivity index (χ1n) is 5.89. The Morgan fingerprint density at radius 2 is 1.60 bits per heavy atom. The number of hydroxylamine groups is 2. The SMILES string of the molecule is CN(OC(=O)c1ccccc1)C(=O)c1ccccc1F. The molecule has 5 heteroatoms. The van der Waals surface area contributed by atoms with E-state index in [2.05, 4.69) is 0 Å². The van der Waals surface area contributed by atoms with Crippen LogP contribution in [0.1, 0.15) is 20.7 Å². The van der Waals surface area contributed by atoms with E-state index in [1.165, 1.54) is 31.3 Å². The summed E-state index contributed by atoms with van der Waals surface area (Å²) in [4.78, 5) is 28.6. The summed E-state index contributed by atoms with van der Waals surface area (Å²) >= 11 is 0. The Labute approximate surface area is 115 Å². The van der Waals surface area contributed by atoms with Gasteiger partial charge in [-0.2, -0.15) is 5.06 Å². The van der Waals surface area contributed by atoms with Crippen LogP contribution in [-0.4, -0.2) is 24.0 Å². The molecule has 1 amide bonds. The van der Waals surface area contributed by atoms with Crippen LogP contribution in [0.5, 0.6) is 0 Å². The molecule has 102 valence electrons. The largest absolute Gasteiger partial charge is 0.363 e. The Morgan fingerprint density at radius 1 is 1.00 bits per heavy atom. The standard InChI is InChI=1S/C15H12FNO3/c1-17(14(18)12-9-5-6-10-13(12)16)20-15(19)11-7-3-2-4-8-11/h2-10H,1H3. The maximum Gasteiger partial charge on any atom is 0.363 e. The van der Waals surface area contributed by atoms with Crippen molar-refractivity contribution >= 4 is 11.9 Å². The van der Waals surface area contributed by atoms with Gasteiger partial charge in [0.1, 0.15) is 5.82 Å². The van der Waals surface area contributed by atoms with Gasteiger partial charge in [-0.1, -0.05) is 30.3 Å². The molecule has 0 fully saturated rings. The highest BCUT2D eigenvalue weighted by atomic mass is 19.1. The number of carbonyl (C=O) groups is 2. The molecule has 0 saturated carbocycles.